The number of carbonyl (C=O) groups is 2. The van der Waals surface area contributed by atoms with Gasteiger partial charge in [-0.1, -0.05) is 12.1 Å². The second-order valence-corrected chi connectivity index (χ2v) is 4.37. The third-order valence-corrected chi connectivity index (χ3v) is 2.81. The maximum Gasteiger partial charge on any atom is 0.328 e. The Morgan fingerprint density at radius 2 is 2.30 bits per heavy atom. The Bertz CT molecular complexity index is 522. The fourth-order valence-corrected chi connectivity index (χ4v) is 1.85. The van der Waals surface area contributed by atoms with Crippen LogP contribution in [-0.2, 0) is 14.3 Å². The molecule has 1 saturated heterocycles. The Kier molecular flexibility index (Phi) is 4.86. The van der Waals surface area contributed by atoms with Crippen LogP contribution in [0.1, 0.15) is 5.56 Å². The Morgan fingerprint density at radius 3 is 3.00 bits per heavy atom. The molecule has 1 amide bonds. The molecule has 1 fully saturated rings. The fraction of sp³-hybridized carbons (Fsp3) is 0.286. The van der Waals surface area contributed by atoms with Crippen LogP contribution in [0.15, 0.2) is 30.3 Å². The van der Waals surface area contributed by atoms with E-state index in [9.17, 15) is 9.59 Å². The smallest absolute Gasteiger partial charge is 0.328 e. The summed E-state index contributed by atoms with van der Waals surface area (Å²) in [6, 6.07) is 6.61. The van der Waals surface area contributed by atoms with Gasteiger partial charge in [0.1, 0.15) is 6.04 Å². The molecule has 1 aliphatic rings. The van der Waals surface area contributed by atoms with Crippen LogP contribution in [0.25, 0.3) is 6.08 Å². The summed E-state index contributed by atoms with van der Waals surface area (Å²) in [5.74, 6) is -1.17. The normalized spacial score (nSPS) is 18.9. The number of amides is 1. The number of anilines is 1. The number of hydrogen-bond acceptors (Lipinski definition) is 4. The molecule has 0 bridgehead atoms. The van der Waals surface area contributed by atoms with Crippen molar-refractivity contribution in [2.24, 2.45) is 0 Å². The molecule has 1 aromatic rings. The first-order chi connectivity index (χ1) is 9.65. The number of hydrogen-bond donors (Lipinski definition) is 3. The van der Waals surface area contributed by atoms with Crippen molar-refractivity contribution in [1.29, 1.82) is 0 Å². The number of carboxylic acids is 1. The molecule has 0 aliphatic carbocycles. The van der Waals surface area contributed by atoms with Crippen LogP contribution >= 0.6 is 0 Å². The molecule has 20 heavy (non-hydrogen) atoms. The average molecular weight is 276 g/mol. The van der Waals surface area contributed by atoms with Gasteiger partial charge in [0, 0.05) is 18.3 Å². The summed E-state index contributed by atoms with van der Waals surface area (Å²) >= 11 is 0. The zero-order valence-electron chi connectivity index (χ0n) is 10.8. The van der Waals surface area contributed by atoms with Crippen molar-refractivity contribution in [2.75, 3.05) is 25.1 Å². The van der Waals surface area contributed by atoms with Gasteiger partial charge in [-0.05, 0) is 23.8 Å². The van der Waals surface area contributed by atoms with Crippen LogP contribution in [0.4, 0.5) is 5.69 Å². The maximum atomic E-state index is 12.0. The van der Waals surface area contributed by atoms with Crippen molar-refractivity contribution < 1.29 is 19.4 Å². The summed E-state index contributed by atoms with van der Waals surface area (Å²) in [5, 5.41) is 14.4. The summed E-state index contributed by atoms with van der Waals surface area (Å²) in [5.41, 5.74) is 1.33. The van der Waals surface area contributed by atoms with E-state index in [2.05, 4.69) is 10.6 Å². The third kappa shape index (κ3) is 4.18. The minimum atomic E-state index is -1.01. The van der Waals surface area contributed by atoms with Crippen LogP contribution in [0.3, 0.4) is 0 Å². The second kappa shape index (κ2) is 6.83. The zero-order valence-corrected chi connectivity index (χ0v) is 10.8. The Morgan fingerprint density at radius 1 is 1.45 bits per heavy atom. The standard InChI is InChI=1S/C14H16N2O4/c17-13(18)5-4-10-2-1-3-11(8-10)16-14(19)12-9-20-7-6-15-12/h1-5,8,12,15H,6-7,9H2,(H,16,19)(H,17,18)/b5-4+. The van der Waals surface area contributed by atoms with Crippen molar-refractivity contribution in [1.82, 2.24) is 5.32 Å². The first-order valence-corrected chi connectivity index (χ1v) is 6.28. The van der Waals surface area contributed by atoms with Crippen LogP contribution in [0.5, 0.6) is 0 Å². The molecule has 1 aromatic carbocycles. The van der Waals surface area contributed by atoms with E-state index < -0.39 is 5.97 Å². The van der Waals surface area contributed by atoms with Gasteiger partial charge in [0.25, 0.3) is 0 Å². The van der Waals surface area contributed by atoms with Gasteiger partial charge in [0.2, 0.25) is 5.91 Å². The quantitative estimate of drug-likeness (QED) is 0.705. The number of ether oxygens (including phenoxy) is 1. The molecule has 1 atom stereocenters. The highest BCUT2D eigenvalue weighted by atomic mass is 16.5. The number of aliphatic carboxylic acids is 1. The second-order valence-electron chi connectivity index (χ2n) is 4.37. The number of rotatable bonds is 4. The molecule has 106 valence electrons. The third-order valence-electron chi connectivity index (χ3n) is 2.81. The minimum absolute atomic E-state index is 0.163. The summed E-state index contributed by atoms with van der Waals surface area (Å²) in [7, 11) is 0. The van der Waals surface area contributed by atoms with Gasteiger partial charge in [-0.25, -0.2) is 4.79 Å². The van der Waals surface area contributed by atoms with Gasteiger partial charge < -0.3 is 20.5 Å². The summed E-state index contributed by atoms with van der Waals surface area (Å²) in [6.07, 6.45) is 2.53. The lowest BCUT2D eigenvalue weighted by Gasteiger charge is -2.22. The first-order valence-electron chi connectivity index (χ1n) is 6.28. The highest BCUT2D eigenvalue weighted by molar-refractivity contribution is 5.95. The summed E-state index contributed by atoms with van der Waals surface area (Å²) in [4.78, 5) is 22.4. The number of benzene rings is 1. The summed E-state index contributed by atoms with van der Waals surface area (Å²) in [6.45, 7) is 1.61. The molecule has 0 aromatic heterocycles. The number of morpholine rings is 1. The zero-order chi connectivity index (χ0) is 14.4. The van der Waals surface area contributed by atoms with E-state index in [-0.39, 0.29) is 11.9 Å². The molecule has 6 heteroatoms. The SMILES string of the molecule is O=C(O)/C=C/c1cccc(NC(=O)C2COCCN2)c1. The highest BCUT2D eigenvalue weighted by Gasteiger charge is 2.20. The molecule has 6 nitrogen and oxygen atoms in total. The lowest BCUT2D eigenvalue weighted by Crippen LogP contribution is -2.48. The van der Waals surface area contributed by atoms with Crippen molar-refractivity contribution in [3.63, 3.8) is 0 Å². The van der Waals surface area contributed by atoms with Crippen molar-refractivity contribution >= 4 is 23.6 Å². The number of carbonyl (C=O) groups excluding carboxylic acids is 1. The monoisotopic (exact) mass is 276 g/mol. The lowest BCUT2D eigenvalue weighted by molar-refractivity contribution is -0.131. The van der Waals surface area contributed by atoms with Gasteiger partial charge >= 0.3 is 5.97 Å². The van der Waals surface area contributed by atoms with Gasteiger partial charge in [0.15, 0.2) is 0 Å². The molecule has 0 spiro atoms. The Labute approximate surface area is 116 Å². The molecular weight excluding hydrogens is 260 g/mol. The van der Waals surface area contributed by atoms with Crippen LogP contribution < -0.4 is 10.6 Å². The number of nitrogens with one attached hydrogen (secondary N) is 2. The minimum Gasteiger partial charge on any atom is -0.478 e. The molecule has 1 heterocycles. The molecule has 3 N–H and O–H groups in total. The van der Waals surface area contributed by atoms with Crippen molar-refractivity contribution in [3.8, 4) is 0 Å². The lowest BCUT2D eigenvalue weighted by atomic mass is 10.1. The largest absolute Gasteiger partial charge is 0.478 e. The maximum absolute atomic E-state index is 12.0. The molecule has 1 unspecified atom stereocenters. The Balaban J connectivity index is 2.00. The molecule has 0 radical (unpaired) electrons. The van der Waals surface area contributed by atoms with Crippen LogP contribution in [0.2, 0.25) is 0 Å². The van der Waals surface area contributed by atoms with Gasteiger partial charge in [0.05, 0.1) is 13.2 Å². The first kappa shape index (κ1) is 14.2. The van der Waals surface area contributed by atoms with Gasteiger partial charge in [-0.3, -0.25) is 4.79 Å². The van der Waals surface area contributed by atoms with Crippen LogP contribution in [0, 0.1) is 0 Å². The van der Waals surface area contributed by atoms with Crippen molar-refractivity contribution in [2.45, 2.75) is 6.04 Å². The summed E-state index contributed by atoms with van der Waals surface area (Å²) < 4.78 is 5.23. The van der Waals surface area contributed by atoms with Gasteiger partial charge in [-0.15, -0.1) is 0 Å². The van der Waals surface area contributed by atoms with E-state index in [0.717, 1.165) is 6.08 Å². The van der Waals surface area contributed by atoms with E-state index in [4.69, 9.17) is 9.84 Å². The van der Waals surface area contributed by atoms with E-state index in [0.29, 0.717) is 31.0 Å². The Hall–Kier alpha value is -2.18. The molecular formula is C14H16N2O4. The van der Waals surface area contributed by atoms with E-state index in [1.165, 1.54) is 6.08 Å². The van der Waals surface area contributed by atoms with E-state index in [1.54, 1.807) is 24.3 Å². The molecule has 0 saturated carbocycles. The van der Waals surface area contributed by atoms with Crippen molar-refractivity contribution in [3.05, 3.63) is 35.9 Å². The predicted octanol–water partition coefficient (Wildman–Crippen LogP) is 0.711. The van der Waals surface area contributed by atoms with E-state index in [1.807, 2.05) is 0 Å². The molecule has 1 aliphatic heterocycles. The predicted molar refractivity (Wildman–Crippen MR) is 74.4 cm³/mol. The topological polar surface area (TPSA) is 87.7 Å². The van der Waals surface area contributed by atoms with Gasteiger partial charge in [-0.2, -0.15) is 0 Å². The highest BCUT2D eigenvalue weighted by Crippen LogP contribution is 2.12. The number of carboxylic acid groups (broad SMARTS) is 1. The van der Waals surface area contributed by atoms with E-state index >= 15 is 0 Å². The average Bonchev–Trinajstić information content (AvgIpc) is 2.46. The van der Waals surface area contributed by atoms with Crippen LogP contribution in [-0.4, -0.2) is 42.8 Å². The fourth-order valence-electron chi connectivity index (χ4n) is 1.85. The molecule has 2 rings (SSSR count).